The molecule has 2 heterocycles. The topological polar surface area (TPSA) is 64.3 Å². The number of aryl methyl sites for hydroxylation is 1. The molecule has 20 heavy (non-hydrogen) atoms. The van der Waals surface area contributed by atoms with Crippen molar-refractivity contribution >= 4 is 17.7 Å². The zero-order valence-corrected chi connectivity index (χ0v) is 11.2. The van der Waals surface area contributed by atoms with Gasteiger partial charge in [0.1, 0.15) is 11.6 Å². The summed E-state index contributed by atoms with van der Waals surface area (Å²) in [6.07, 6.45) is 5.83. The lowest BCUT2D eigenvalue weighted by Gasteiger charge is -2.37. The maximum absolute atomic E-state index is 11.0. The molecule has 0 bridgehead atoms. The van der Waals surface area contributed by atoms with Crippen LogP contribution in [0, 0.1) is 11.3 Å². The van der Waals surface area contributed by atoms with Crippen LogP contribution in [-0.4, -0.2) is 24.2 Å². The highest BCUT2D eigenvalue weighted by atomic mass is 16.4. The minimum Gasteiger partial charge on any atom is -0.477 e. The largest absolute Gasteiger partial charge is 0.477 e. The van der Waals surface area contributed by atoms with Crippen molar-refractivity contribution in [2.75, 3.05) is 18.0 Å². The Bertz CT molecular complexity index is 639. The highest BCUT2D eigenvalue weighted by molar-refractivity contribution is 5.97. The summed E-state index contributed by atoms with van der Waals surface area (Å²) < 4.78 is 0. The van der Waals surface area contributed by atoms with Crippen LogP contribution in [0.1, 0.15) is 29.5 Å². The van der Waals surface area contributed by atoms with E-state index < -0.39 is 5.97 Å². The molecular weight excluding hydrogens is 252 g/mol. The Morgan fingerprint density at radius 3 is 2.75 bits per heavy atom. The highest BCUT2D eigenvalue weighted by Crippen LogP contribution is 2.37. The number of rotatable bonds is 2. The first-order valence-corrected chi connectivity index (χ1v) is 6.95. The Kier molecular flexibility index (Phi) is 3.19. The van der Waals surface area contributed by atoms with Gasteiger partial charge in [-0.2, -0.15) is 5.26 Å². The summed E-state index contributed by atoms with van der Waals surface area (Å²) in [4.78, 5) is 13.4. The first kappa shape index (κ1) is 12.7. The van der Waals surface area contributed by atoms with Gasteiger partial charge in [-0.1, -0.05) is 12.1 Å². The molecule has 3 rings (SSSR count). The highest BCUT2D eigenvalue weighted by Gasteiger charge is 2.25. The minimum atomic E-state index is -1.16. The van der Waals surface area contributed by atoms with Crippen LogP contribution in [0.25, 0.3) is 6.08 Å². The number of carboxylic acid groups (broad SMARTS) is 1. The van der Waals surface area contributed by atoms with Crippen molar-refractivity contribution in [2.45, 2.75) is 25.7 Å². The standard InChI is InChI=1S/C16H16N2O2/c17-10-13(16(19)20)9-12-6-5-11-3-1-7-18-8-2-4-14(12)15(11)18/h5-6,9H,1-4,7-8H2,(H,19,20)/b13-9+. The van der Waals surface area contributed by atoms with Gasteiger partial charge in [0.2, 0.25) is 0 Å². The average Bonchev–Trinajstić information content (AvgIpc) is 2.47. The molecule has 1 aromatic rings. The molecule has 2 aliphatic rings. The van der Waals surface area contributed by atoms with Gasteiger partial charge in [0.25, 0.3) is 0 Å². The van der Waals surface area contributed by atoms with E-state index >= 15 is 0 Å². The van der Waals surface area contributed by atoms with Gasteiger partial charge in [0, 0.05) is 18.8 Å². The van der Waals surface area contributed by atoms with E-state index in [2.05, 4.69) is 11.0 Å². The lowest BCUT2D eigenvalue weighted by Crippen LogP contribution is -2.34. The molecule has 102 valence electrons. The second-order valence-electron chi connectivity index (χ2n) is 5.31. The molecule has 0 aromatic heterocycles. The van der Waals surface area contributed by atoms with Crippen LogP contribution in [0.15, 0.2) is 17.7 Å². The van der Waals surface area contributed by atoms with E-state index in [1.807, 2.05) is 6.07 Å². The van der Waals surface area contributed by atoms with E-state index in [0.29, 0.717) is 0 Å². The molecule has 0 fully saturated rings. The van der Waals surface area contributed by atoms with Crippen molar-refractivity contribution in [1.82, 2.24) is 0 Å². The molecule has 2 aliphatic heterocycles. The number of nitrogens with zero attached hydrogens (tertiary/aromatic N) is 2. The number of nitriles is 1. The van der Waals surface area contributed by atoms with Crippen molar-refractivity contribution < 1.29 is 9.90 Å². The van der Waals surface area contributed by atoms with Crippen molar-refractivity contribution in [2.24, 2.45) is 0 Å². The molecule has 4 nitrogen and oxygen atoms in total. The van der Waals surface area contributed by atoms with Crippen molar-refractivity contribution in [3.05, 3.63) is 34.4 Å². The fourth-order valence-electron chi connectivity index (χ4n) is 3.23. The molecule has 0 amide bonds. The Balaban J connectivity index is 2.13. The predicted molar refractivity (Wildman–Crippen MR) is 76.5 cm³/mol. The van der Waals surface area contributed by atoms with Gasteiger partial charge in [0.05, 0.1) is 0 Å². The molecule has 0 saturated heterocycles. The number of benzene rings is 1. The number of hydrogen-bond acceptors (Lipinski definition) is 3. The quantitative estimate of drug-likeness (QED) is 0.660. The average molecular weight is 268 g/mol. The molecular formula is C16H16N2O2. The molecule has 1 aromatic carbocycles. The van der Waals surface area contributed by atoms with E-state index in [1.165, 1.54) is 29.3 Å². The molecule has 0 spiro atoms. The van der Waals surface area contributed by atoms with Gasteiger partial charge >= 0.3 is 5.97 Å². The summed E-state index contributed by atoms with van der Waals surface area (Å²) in [6, 6.07) is 5.80. The molecule has 0 saturated carbocycles. The summed E-state index contributed by atoms with van der Waals surface area (Å²) >= 11 is 0. The van der Waals surface area contributed by atoms with Crippen LogP contribution in [0.3, 0.4) is 0 Å². The third kappa shape index (κ3) is 2.05. The van der Waals surface area contributed by atoms with Crippen LogP contribution in [0.4, 0.5) is 5.69 Å². The SMILES string of the molecule is N#C/C(=C\c1ccc2c3c1CCCN3CCC2)C(=O)O. The zero-order valence-electron chi connectivity index (χ0n) is 11.2. The normalized spacial score (nSPS) is 17.4. The summed E-state index contributed by atoms with van der Waals surface area (Å²) in [5.74, 6) is -1.16. The summed E-state index contributed by atoms with van der Waals surface area (Å²) in [5.41, 5.74) is 4.54. The van der Waals surface area contributed by atoms with Crippen LogP contribution < -0.4 is 4.90 Å². The zero-order chi connectivity index (χ0) is 14.1. The van der Waals surface area contributed by atoms with Crippen LogP contribution in [0.2, 0.25) is 0 Å². The number of hydrogen-bond donors (Lipinski definition) is 1. The van der Waals surface area contributed by atoms with E-state index in [4.69, 9.17) is 10.4 Å². The lowest BCUT2D eigenvalue weighted by molar-refractivity contribution is -0.132. The fourth-order valence-corrected chi connectivity index (χ4v) is 3.23. The molecule has 0 radical (unpaired) electrons. The first-order chi connectivity index (χ1) is 9.70. The van der Waals surface area contributed by atoms with Crippen molar-refractivity contribution in [1.29, 1.82) is 5.26 Å². The third-order valence-corrected chi connectivity index (χ3v) is 4.10. The summed E-state index contributed by atoms with van der Waals surface area (Å²) in [6.45, 7) is 2.16. The number of aliphatic carboxylic acids is 1. The number of anilines is 1. The first-order valence-electron chi connectivity index (χ1n) is 6.95. The Hall–Kier alpha value is -2.28. The minimum absolute atomic E-state index is 0.200. The summed E-state index contributed by atoms with van der Waals surface area (Å²) in [7, 11) is 0. The van der Waals surface area contributed by atoms with Crippen molar-refractivity contribution in [3.63, 3.8) is 0 Å². The van der Waals surface area contributed by atoms with E-state index in [1.54, 1.807) is 6.07 Å². The monoisotopic (exact) mass is 268 g/mol. The Morgan fingerprint density at radius 2 is 2.05 bits per heavy atom. The van der Waals surface area contributed by atoms with Gasteiger partial charge in [-0.15, -0.1) is 0 Å². The molecule has 0 atom stereocenters. The second kappa shape index (κ2) is 5.01. The fraction of sp³-hybridized carbons (Fsp3) is 0.375. The predicted octanol–water partition coefficient (Wildman–Crippen LogP) is 2.38. The third-order valence-electron chi connectivity index (χ3n) is 4.10. The molecule has 4 heteroatoms. The number of carbonyl (C=O) groups is 1. The molecule has 0 unspecified atom stereocenters. The van der Waals surface area contributed by atoms with Gasteiger partial charge < -0.3 is 10.0 Å². The van der Waals surface area contributed by atoms with E-state index in [9.17, 15) is 4.79 Å². The Labute approximate surface area is 117 Å². The maximum Gasteiger partial charge on any atom is 0.346 e. The van der Waals surface area contributed by atoms with Crippen LogP contribution >= 0.6 is 0 Å². The number of carboxylic acids is 1. The van der Waals surface area contributed by atoms with Crippen molar-refractivity contribution in [3.8, 4) is 6.07 Å². The van der Waals surface area contributed by atoms with E-state index in [0.717, 1.165) is 37.9 Å². The maximum atomic E-state index is 11.0. The molecule has 1 N–H and O–H groups in total. The molecule has 0 aliphatic carbocycles. The second-order valence-corrected chi connectivity index (χ2v) is 5.31. The van der Waals surface area contributed by atoms with E-state index in [-0.39, 0.29) is 5.57 Å². The smallest absolute Gasteiger partial charge is 0.346 e. The van der Waals surface area contributed by atoms with Gasteiger partial charge in [-0.05, 0) is 48.4 Å². The van der Waals surface area contributed by atoms with Gasteiger partial charge in [0.15, 0.2) is 0 Å². The summed E-state index contributed by atoms with van der Waals surface area (Å²) in [5, 5.41) is 17.9. The van der Waals surface area contributed by atoms with Crippen LogP contribution in [-0.2, 0) is 17.6 Å². The van der Waals surface area contributed by atoms with Gasteiger partial charge in [-0.3, -0.25) is 0 Å². The van der Waals surface area contributed by atoms with Crippen LogP contribution in [0.5, 0.6) is 0 Å². The Morgan fingerprint density at radius 1 is 1.30 bits per heavy atom. The lowest BCUT2D eigenvalue weighted by atomic mass is 9.88. The van der Waals surface area contributed by atoms with Gasteiger partial charge in [-0.25, -0.2) is 4.79 Å².